The maximum atomic E-state index is 12.2. The number of aromatic nitrogens is 3. The summed E-state index contributed by atoms with van der Waals surface area (Å²) in [6, 6.07) is 3.89. The molecule has 3 rings (SSSR count). The van der Waals surface area contributed by atoms with Crippen molar-refractivity contribution in [2.45, 2.75) is 25.4 Å². The molecule has 0 aliphatic heterocycles. The summed E-state index contributed by atoms with van der Waals surface area (Å²) in [5, 5.41) is 4.34. The first-order valence-corrected chi connectivity index (χ1v) is 6.03. The third kappa shape index (κ3) is 1.88. The van der Waals surface area contributed by atoms with E-state index in [2.05, 4.69) is 5.10 Å². The molecule has 0 radical (unpaired) electrons. The highest BCUT2D eigenvalue weighted by atomic mass is 16.5. The van der Waals surface area contributed by atoms with E-state index in [1.807, 2.05) is 6.07 Å². The van der Waals surface area contributed by atoms with Gasteiger partial charge in [-0.15, -0.1) is 5.10 Å². The van der Waals surface area contributed by atoms with Gasteiger partial charge in [0.25, 0.3) is 0 Å². The number of furan rings is 1. The number of rotatable bonds is 5. The van der Waals surface area contributed by atoms with Gasteiger partial charge in [0.1, 0.15) is 0 Å². The van der Waals surface area contributed by atoms with E-state index in [0.717, 1.165) is 12.8 Å². The number of hydrogen-bond acceptors (Lipinski definition) is 4. The van der Waals surface area contributed by atoms with E-state index in [1.165, 1.54) is 4.68 Å². The van der Waals surface area contributed by atoms with Gasteiger partial charge in [-0.05, 0) is 25.0 Å². The van der Waals surface area contributed by atoms with Crippen molar-refractivity contribution in [1.29, 1.82) is 0 Å². The van der Waals surface area contributed by atoms with Crippen molar-refractivity contribution < 1.29 is 9.15 Å². The summed E-state index contributed by atoms with van der Waals surface area (Å²) in [5.74, 6) is 1.25. The van der Waals surface area contributed by atoms with Gasteiger partial charge in [-0.3, -0.25) is 4.57 Å². The van der Waals surface area contributed by atoms with Crippen molar-refractivity contribution in [3.63, 3.8) is 0 Å². The fourth-order valence-corrected chi connectivity index (χ4v) is 1.98. The Labute approximate surface area is 104 Å². The van der Waals surface area contributed by atoms with Crippen LogP contribution in [0.5, 0.6) is 0 Å². The van der Waals surface area contributed by atoms with Crippen LogP contribution in [0, 0.1) is 0 Å². The van der Waals surface area contributed by atoms with Crippen LogP contribution in [-0.4, -0.2) is 28.1 Å². The van der Waals surface area contributed by atoms with E-state index >= 15 is 0 Å². The Morgan fingerprint density at radius 3 is 3.00 bits per heavy atom. The van der Waals surface area contributed by atoms with Gasteiger partial charge in [0.15, 0.2) is 5.76 Å². The molecule has 0 unspecified atom stereocenters. The van der Waals surface area contributed by atoms with Crippen molar-refractivity contribution in [2.75, 3.05) is 13.7 Å². The van der Waals surface area contributed by atoms with Crippen LogP contribution < -0.4 is 5.69 Å². The van der Waals surface area contributed by atoms with Crippen LogP contribution in [-0.2, 0) is 11.3 Å². The van der Waals surface area contributed by atoms with E-state index < -0.39 is 0 Å². The van der Waals surface area contributed by atoms with Crippen LogP contribution in [0.25, 0.3) is 11.6 Å². The average Bonchev–Trinajstić information content (AvgIpc) is 2.95. The summed E-state index contributed by atoms with van der Waals surface area (Å²) in [6.45, 7) is 0.932. The molecular weight excluding hydrogens is 234 g/mol. The molecule has 6 heteroatoms. The van der Waals surface area contributed by atoms with Crippen molar-refractivity contribution in [2.24, 2.45) is 0 Å². The van der Waals surface area contributed by atoms with E-state index in [0.29, 0.717) is 24.7 Å². The Morgan fingerprint density at radius 2 is 2.39 bits per heavy atom. The van der Waals surface area contributed by atoms with Gasteiger partial charge in [0, 0.05) is 13.2 Å². The smallest absolute Gasteiger partial charge is 0.346 e. The summed E-state index contributed by atoms with van der Waals surface area (Å²) in [7, 11) is 1.61. The maximum absolute atomic E-state index is 12.2. The van der Waals surface area contributed by atoms with Gasteiger partial charge in [0.2, 0.25) is 5.82 Å². The number of ether oxygens (including phenoxy) is 1. The lowest BCUT2D eigenvalue weighted by molar-refractivity contribution is 0.182. The summed E-state index contributed by atoms with van der Waals surface area (Å²) in [4.78, 5) is 12.2. The molecule has 0 amide bonds. The summed E-state index contributed by atoms with van der Waals surface area (Å²) < 4.78 is 13.5. The molecule has 96 valence electrons. The molecule has 18 heavy (non-hydrogen) atoms. The minimum Gasteiger partial charge on any atom is -0.461 e. The second-order valence-corrected chi connectivity index (χ2v) is 4.40. The quantitative estimate of drug-likeness (QED) is 0.801. The molecule has 1 aliphatic carbocycles. The molecule has 1 fully saturated rings. The normalized spacial score (nSPS) is 15.2. The molecule has 2 heterocycles. The highest BCUT2D eigenvalue weighted by molar-refractivity contribution is 5.46. The lowest BCUT2D eigenvalue weighted by Crippen LogP contribution is -2.26. The fourth-order valence-electron chi connectivity index (χ4n) is 1.98. The zero-order chi connectivity index (χ0) is 12.5. The molecule has 0 spiro atoms. The Kier molecular flexibility index (Phi) is 2.79. The maximum Gasteiger partial charge on any atom is 0.346 e. The number of nitrogens with zero attached hydrogens (tertiary/aromatic N) is 3. The Hall–Kier alpha value is -1.82. The number of hydrogen-bond donors (Lipinski definition) is 0. The van der Waals surface area contributed by atoms with Gasteiger partial charge in [-0.2, -0.15) is 0 Å². The van der Waals surface area contributed by atoms with Gasteiger partial charge in [-0.25, -0.2) is 9.48 Å². The van der Waals surface area contributed by atoms with Crippen molar-refractivity contribution in [1.82, 2.24) is 14.3 Å². The van der Waals surface area contributed by atoms with Crippen LogP contribution in [0.1, 0.15) is 18.9 Å². The van der Waals surface area contributed by atoms with E-state index in [4.69, 9.17) is 9.15 Å². The molecule has 6 nitrogen and oxygen atoms in total. The fraction of sp³-hybridized carbons (Fsp3) is 0.500. The van der Waals surface area contributed by atoms with Crippen LogP contribution in [0.4, 0.5) is 0 Å². The van der Waals surface area contributed by atoms with Crippen LogP contribution in [0.3, 0.4) is 0 Å². The Bertz CT molecular complexity index is 578. The molecule has 2 aromatic heterocycles. The van der Waals surface area contributed by atoms with Crippen molar-refractivity contribution in [3.8, 4) is 11.6 Å². The van der Waals surface area contributed by atoms with E-state index in [-0.39, 0.29) is 11.7 Å². The average molecular weight is 249 g/mol. The van der Waals surface area contributed by atoms with Crippen molar-refractivity contribution >= 4 is 0 Å². The summed E-state index contributed by atoms with van der Waals surface area (Å²) in [6.07, 6.45) is 3.65. The molecule has 0 saturated heterocycles. The molecule has 0 bridgehead atoms. The molecular formula is C12H15N3O3. The first-order valence-electron chi connectivity index (χ1n) is 6.03. The Morgan fingerprint density at radius 1 is 1.56 bits per heavy atom. The van der Waals surface area contributed by atoms with E-state index in [1.54, 1.807) is 24.0 Å². The van der Waals surface area contributed by atoms with Crippen LogP contribution >= 0.6 is 0 Å². The second kappa shape index (κ2) is 4.45. The predicted octanol–water partition coefficient (Wildman–Crippen LogP) is 1.29. The summed E-state index contributed by atoms with van der Waals surface area (Å²) in [5.41, 5.74) is -0.0825. The lowest BCUT2D eigenvalue weighted by atomic mass is 10.4. The first kappa shape index (κ1) is 11.3. The van der Waals surface area contributed by atoms with Gasteiger partial charge in [-0.1, -0.05) is 0 Å². The molecule has 1 aliphatic rings. The van der Waals surface area contributed by atoms with Crippen LogP contribution in [0.2, 0.25) is 0 Å². The van der Waals surface area contributed by atoms with Gasteiger partial charge >= 0.3 is 5.69 Å². The predicted molar refractivity (Wildman–Crippen MR) is 64.3 cm³/mol. The molecule has 0 aromatic carbocycles. The zero-order valence-corrected chi connectivity index (χ0v) is 10.2. The lowest BCUT2D eigenvalue weighted by Gasteiger charge is -1.99. The third-order valence-corrected chi connectivity index (χ3v) is 3.03. The highest BCUT2D eigenvalue weighted by Crippen LogP contribution is 2.36. The standard InChI is InChI=1S/C12H15N3O3/c1-17-8-6-14-12(16)15(9-4-5-9)11(13-14)10-3-2-7-18-10/h2-3,7,9H,4-6,8H2,1H3. The van der Waals surface area contributed by atoms with Gasteiger partial charge < -0.3 is 9.15 Å². The molecule has 0 N–H and O–H groups in total. The second-order valence-electron chi connectivity index (χ2n) is 4.40. The molecule has 2 aromatic rings. The van der Waals surface area contributed by atoms with E-state index in [9.17, 15) is 4.79 Å². The molecule has 1 saturated carbocycles. The van der Waals surface area contributed by atoms with Gasteiger partial charge in [0.05, 0.1) is 19.4 Å². The first-order chi connectivity index (χ1) is 8.81. The SMILES string of the molecule is COCCn1nc(-c2ccco2)n(C2CC2)c1=O. The summed E-state index contributed by atoms with van der Waals surface area (Å²) >= 11 is 0. The minimum absolute atomic E-state index is 0.0825. The number of methoxy groups -OCH3 is 1. The largest absolute Gasteiger partial charge is 0.461 e. The van der Waals surface area contributed by atoms with Crippen molar-refractivity contribution in [3.05, 3.63) is 28.9 Å². The third-order valence-electron chi connectivity index (χ3n) is 3.03. The zero-order valence-electron chi connectivity index (χ0n) is 10.2. The monoisotopic (exact) mass is 249 g/mol. The minimum atomic E-state index is -0.0825. The highest BCUT2D eigenvalue weighted by Gasteiger charge is 2.31. The topological polar surface area (TPSA) is 62.2 Å². The Balaban J connectivity index is 2.04. The van der Waals surface area contributed by atoms with Crippen LogP contribution in [0.15, 0.2) is 27.6 Å². The molecule has 0 atom stereocenters.